The van der Waals surface area contributed by atoms with Crippen LogP contribution in [0.25, 0.3) is 11.0 Å². The second-order valence-corrected chi connectivity index (χ2v) is 9.03. The van der Waals surface area contributed by atoms with Gasteiger partial charge in [-0.25, -0.2) is 4.98 Å². The van der Waals surface area contributed by atoms with E-state index >= 15 is 0 Å². The van der Waals surface area contributed by atoms with Crippen LogP contribution in [-0.2, 0) is 9.59 Å². The highest BCUT2D eigenvalue weighted by Gasteiger charge is 2.40. The van der Waals surface area contributed by atoms with Gasteiger partial charge in [-0.15, -0.1) is 0 Å². The second kappa shape index (κ2) is 10.7. The average Bonchev–Trinajstić information content (AvgIpc) is 3.39. The number of hydrogen-bond donors (Lipinski definition) is 2. The molecule has 36 heavy (non-hydrogen) atoms. The van der Waals surface area contributed by atoms with E-state index in [1.54, 1.807) is 30.6 Å². The lowest BCUT2D eigenvalue weighted by atomic mass is 9.93. The second-order valence-electron chi connectivity index (χ2n) is 8.63. The zero-order valence-corrected chi connectivity index (χ0v) is 20.2. The number of amides is 2. The van der Waals surface area contributed by atoms with Gasteiger partial charge in [-0.2, -0.15) is 18.3 Å². The van der Waals surface area contributed by atoms with Gasteiger partial charge in [0.1, 0.15) is 18.8 Å². The normalized spacial score (nSPS) is 16.3. The van der Waals surface area contributed by atoms with Gasteiger partial charge < -0.3 is 15.0 Å². The summed E-state index contributed by atoms with van der Waals surface area (Å²) in [5.74, 6) is -1.33. The molecule has 0 spiro atoms. The van der Waals surface area contributed by atoms with Crippen molar-refractivity contribution in [2.24, 2.45) is 0 Å². The molecule has 3 aromatic rings. The smallest absolute Gasteiger partial charge is 0.405 e. The maximum absolute atomic E-state index is 13.3. The number of nitrogens with zero attached hydrogens (tertiary/aromatic N) is 3. The lowest BCUT2D eigenvalue weighted by molar-refractivity contribution is -0.138. The minimum absolute atomic E-state index is 0.205. The van der Waals surface area contributed by atoms with Crippen molar-refractivity contribution in [3.05, 3.63) is 47.2 Å². The first kappa shape index (κ1) is 25.7. The molecule has 2 unspecified atom stereocenters. The molecule has 0 bridgehead atoms. The van der Waals surface area contributed by atoms with E-state index in [1.807, 2.05) is 18.3 Å². The van der Waals surface area contributed by atoms with Crippen LogP contribution in [0.4, 0.5) is 18.9 Å². The lowest BCUT2D eigenvalue weighted by Crippen LogP contribution is -2.42. The van der Waals surface area contributed by atoms with Crippen molar-refractivity contribution in [2.75, 3.05) is 18.0 Å². The Morgan fingerprint density at radius 3 is 2.86 bits per heavy atom. The molecule has 0 saturated heterocycles. The first-order chi connectivity index (χ1) is 17.2. The Bertz CT molecular complexity index is 1250. The highest BCUT2D eigenvalue weighted by molar-refractivity contribution is 6.33. The number of aromatic nitrogens is 3. The molecule has 4 rings (SSSR count). The number of H-pyrrole nitrogens is 1. The fourth-order valence-corrected chi connectivity index (χ4v) is 4.68. The molecule has 1 aromatic carbocycles. The number of nitrogens with one attached hydrogen (secondary N) is 2. The number of carbonyl (C=O) groups is 2. The molecule has 1 aliphatic heterocycles. The van der Waals surface area contributed by atoms with Gasteiger partial charge in [0.15, 0.2) is 5.65 Å². The quantitative estimate of drug-likeness (QED) is 0.399. The summed E-state index contributed by atoms with van der Waals surface area (Å²) in [7, 11) is 0. The van der Waals surface area contributed by atoms with E-state index in [0.717, 1.165) is 18.2 Å². The summed E-state index contributed by atoms with van der Waals surface area (Å²) in [4.78, 5) is 30.9. The predicted octanol–water partition coefficient (Wildman–Crippen LogP) is 4.75. The Hall–Kier alpha value is -3.34. The SMILES string of the molecule is CCCC(CCC1C(=O)N(CC(=O)NCC(F)(F)F)c2cccc(Cl)c21)Oc1cnc2[nH]ncc2c1. The summed E-state index contributed by atoms with van der Waals surface area (Å²) in [5.41, 5.74) is 1.66. The van der Waals surface area contributed by atoms with Gasteiger partial charge >= 0.3 is 6.18 Å². The van der Waals surface area contributed by atoms with Crippen molar-refractivity contribution >= 4 is 40.1 Å². The number of fused-ring (bicyclic) bond motifs is 2. The number of anilines is 1. The first-order valence-corrected chi connectivity index (χ1v) is 11.9. The number of benzene rings is 1. The average molecular weight is 524 g/mol. The van der Waals surface area contributed by atoms with E-state index in [2.05, 4.69) is 15.2 Å². The third-order valence-corrected chi connectivity index (χ3v) is 6.31. The molecule has 0 fully saturated rings. The molecule has 2 aromatic heterocycles. The molecule has 0 radical (unpaired) electrons. The fraction of sp³-hybridized carbons (Fsp3) is 0.417. The molecule has 2 amide bonds. The Morgan fingerprint density at radius 2 is 2.11 bits per heavy atom. The maximum Gasteiger partial charge on any atom is 0.405 e. The molecular formula is C24H25ClF3N5O3. The number of pyridine rings is 1. The third kappa shape index (κ3) is 5.89. The van der Waals surface area contributed by atoms with Crippen LogP contribution in [0.1, 0.15) is 44.1 Å². The van der Waals surface area contributed by atoms with Crippen LogP contribution in [0.2, 0.25) is 5.02 Å². The maximum atomic E-state index is 13.3. The van der Waals surface area contributed by atoms with E-state index in [4.69, 9.17) is 16.3 Å². The van der Waals surface area contributed by atoms with Crippen molar-refractivity contribution in [1.82, 2.24) is 20.5 Å². The first-order valence-electron chi connectivity index (χ1n) is 11.5. The van der Waals surface area contributed by atoms with Gasteiger partial charge in [0.2, 0.25) is 11.8 Å². The van der Waals surface area contributed by atoms with Crippen molar-refractivity contribution in [2.45, 2.75) is 50.8 Å². The van der Waals surface area contributed by atoms with E-state index < -0.39 is 31.1 Å². The van der Waals surface area contributed by atoms with E-state index in [-0.39, 0.29) is 12.0 Å². The zero-order chi connectivity index (χ0) is 25.9. The monoisotopic (exact) mass is 523 g/mol. The van der Waals surface area contributed by atoms with Crippen molar-refractivity contribution in [3.8, 4) is 5.75 Å². The van der Waals surface area contributed by atoms with Gasteiger partial charge in [0.25, 0.3) is 0 Å². The molecule has 1 aliphatic rings. The van der Waals surface area contributed by atoms with Crippen LogP contribution in [0.15, 0.2) is 36.7 Å². The zero-order valence-electron chi connectivity index (χ0n) is 19.4. The fourth-order valence-electron chi connectivity index (χ4n) is 4.38. The Balaban J connectivity index is 1.47. The van der Waals surface area contributed by atoms with Crippen LogP contribution < -0.4 is 15.0 Å². The highest BCUT2D eigenvalue weighted by atomic mass is 35.5. The van der Waals surface area contributed by atoms with Gasteiger partial charge in [0.05, 0.1) is 24.4 Å². The summed E-state index contributed by atoms with van der Waals surface area (Å²) in [6.45, 7) is 0.0429. The lowest BCUT2D eigenvalue weighted by Gasteiger charge is -2.21. The highest BCUT2D eigenvalue weighted by Crippen LogP contribution is 2.44. The molecule has 2 N–H and O–H groups in total. The summed E-state index contributed by atoms with van der Waals surface area (Å²) < 4.78 is 43.6. The minimum atomic E-state index is -4.54. The van der Waals surface area contributed by atoms with Crippen LogP contribution in [0, 0.1) is 0 Å². The molecule has 192 valence electrons. The molecular weight excluding hydrogens is 499 g/mol. The topological polar surface area (TPSA) is 100 Å². The van der Waals surface area contributed by atoms with Crippen LogP contribution in [0.5, 0.6) is 5.75 Å². The predicted molar refractivity (Wildman–Crippen MR) is 128 cm³/mol. The van der Waals surface area contributed by atoms with Crippen molar-refractivity contribution < 1.29 is 27.5 Å². The number of ether oxygens (including phenoxy) is 1. The van der Waals surface area contributed by atoms with Gasteiger partial charge in [0, 0.05) is 21.7 Å². The molecule has 2 atom stereocenters. The largest absolute Gasteiger partial charge is 0.489 e. The Kier molecular flexibility index (Phi) is 7.67. The molecule has 3 heterocycles. The van der Waals surface area contributed by atoms with E-state index in [0.29, 0.717) is 40.5 Å². The van der Waals surface area contributed by atoms with Crippen LogP contribution in [-0.4, -0.2) is 52.4 Å². The van der Waals surface area contributed by atoms with Gasteiger partial charge in [-0.05, 0) is 37.5 Å². The van der Waals surface area contributed by atoms with Crippen LogP contribution in [0.3, 0.4) is 0 Å². The number of hydrogen-bond acceptors (Lipinski definition) is 5. The molecule has 0 aliphatic carbocycles. The molecule has 8 nitrogen and oxygen atoms in total. The van der Waals surface area contributed by atoms with E-state index in [9.17, 15) is 22.8 Å². The number of rotatable bonds is 10. The van der Waals surface area contributed by atoms with Crippen molar-refractivity contribution in [3.63, 3.8) is 0 Å². The molecule has 0 saturated carbocycles. The van der Waals surface area contributed by atoms with Crippen LogP contribution >= 0.6 is 11.6 Å². The van der Waals surface area contributed by atoms with Gasteiger partial charge in [-0.3, -0.25) is 14.7 Å². The number of carbonyl (C=O) groups excluding carboxylic acids is 2. The Morgan fingerprint density at radius 1 is 1.31 bits per heavy atom. The summed E-state index contributed by atoms with van der Waals surface area (Å²) >= 11 is 6.43. The number of halogens is 4. The van der Waals surface area contributed by atoms with Crippen molar-refractivity contribution in [1.29, 1.82) is 0 Å². The summed E-state index contributed by atoms with van der Waals surface area (Å²) in [6.07, 6.45) is 1.02. The minimum Gasteiger partial charge on any atom is -0.489 e. The molecule has 12 heteroatoms. The Labute approximate surface area is 210 Å². The summed E-state index contributed by atoms with van der Waals surface area (Å²) in [6, 6.07) is 6.77. The van der Waals surface area contributed by atoms with Gasteiger partial charge in [-0.1, -0.05) is 31.0 Å². The number of aromatic amines is 1. The summed E-state index contributed by atoms with van der Waals surface area (Å²) in [5, 5.41) is 9.73. The standard InChI is InChI=1S/C24H25ClF3N5O3/c1-2-4-15(36-16-9-14-10-31-32-22(14)29-11-16)7-8-17-21-18(25)5-3-6-19(21)33(23(17)35)12-20(34)30-13-24(26,27)28/h3,5-6,9-11,15,17H,2,4,7-8,12-13H2,1H3,(H,30,34)(H,29,31,32). The number of alkyl halides is 3. The third-order valence-electron chi connectivity index (χ3n) is 5.98. The van der Waals surface area contributed by atoms with E-state index in [1.165, 1.54) is 4.90 Å².